The molecule has 1 N–H and O–H groups in total. The monoisotopic (exact) mass is 325 g/mol. The number of ether oxygens (including phenoxy) is 1. The minimum absolute atomic E-state index is 0.394. The molecule has 0 heterocycles. The van der Waals surface area contributed by atoms with Gasteiger partial charge in [-0.2, -0.15) is 0 Å². The first-order chi connectivity index (χ1) is 9.16. The lowest BCUT2D eigenvalue weighted by Gasteiger charge is -2.25. The predicted octanol–water partition coefficient (Wildman–Crippen LogP) is 4.66. The maximum absolute atomic E-state index is 6.26. The van der Waals surface area contributed by atoms with Gasteiger partial charge in [0.1, 0.15) is 5.75 Å². The van der Waals surface area contributed by atoms with Crippen LogP contribution in [0, 0.1) is 0 Å². The summed E-state index contributed by atoms with van der Waals surface area (Å²) in [6, 6.07) is 6.78. The lowest BCUT2D eigenvalue weighted by molar-refractivity contribution is 0.152. The third kappa shape index (κ3) is 4.50. The van der Waals surface area contributed by atoms with Gasteiger partial charge in [-0.3, -0.25) is 0 Å². The number of hydrogen-bond donors (Lipinski definition) is 1. The van der Waals surface area contributed by atoms with Crippen molar-refractivity contribution in [3.05, 3.63) is 28.2 Å². The molecule has 1 aliphatic carbocycles. The van der Waals surface area contributed by atoms with E-state index in [4.69, 9.17) is 4.74 Å². The fourth-order valence-corrected chi connectivity index (χ4v) is 2.99. The number of hydrogen-bond acceptors (Lipinski definition) is 2. The molecule has 0 saturated heterocycles. The fourth-order valence-electron chi connectivity index (χ4n) is 2.49. The van der Waals surface area contributed by atoms with Gasteiger partial charge in [0, 0.05) is 18.2 Å². The zero-order chi connectivity index (χ0) is 13.7. The average Bonchev–Trinajstić information content (AvgIpc) is 2.40. The standard InChI is InChI=1S/C16H24BrNO/c1-12(2)18-11-13-7-6-10-15(17)16(13)19-14-8-4-3-5-9-14/h6-7,10,12,14,18H,3-5,8-9,11H2,1-2H3. The van der Waals surface area contributed by atoms with Crippen molar-refractivity contribution in [2.24, 2.45) is 0 Å². The molecule has 0 atom stereocenters. The van der Waals surface area contributed by atoms with E-state index in [2.05, 4.69) is 53.3 Å². The third-order valence-electron chi connectivity index (χ3n) is 3.59. The Bertz CT molecular complexity index is 400. The Morgan fingerprint density at radius 3 is 2.68 bits per heavy atom. The van der Waals surface area contributed by atoms with Crippen LogP contribution in [0.3, 0.4) is 0 Å². The number of halogens is 1. The molecular weight excluding hydrogens is 302 g/mol. The van der Waals surface area contributed by atoms with E-state index in [0.717, 1.165) is 16.8 Å². The van der Waals surface area contributed by atoms with Crippen LogP contribution in [0.5, 0.6) is 5.75 Å². The SMILES string of the molecule is CC(C)NCc1cccc(Br)c1OC1CCCCC1. The fraction of sp³-hybridized carbons (Fsp3) is 0.625. The number of para-hydroxylation sites is 1. The Hall–Kier alpha value is -0.540. The van der Waals surface area contributed by atoms with Crippen molar-refractivity contribution in [2.45, 2.75) is 64.6 Å². The zero-order valence-corrected chi connectivity index (χ0v) is 13.5. The highest BCUT2D eigenvalue weighted by Crippen LogP contribution is 2.32. The number of nitrogens with one attached hydrogen (secondary N) is 1. The van der Waals surface area contributed by atoms with E-state index >= 15 is 0 Å². The topological polar surface area (TPSA) is 21.3 Å². The van der Waals surface area contributed by atoms with Crippen molar-refractivity contribution in [1.29, 1.82) is 0 Å². The molecule has 1 aliphatic rings. The van der Waals surface area contributed by atoms with Crippen LogP contribution >= 0.6 is 15.9 Å². The van der Waals surface area contributed by atoms with Crippen LogP contribution in [0.2, 0.25) is 0 Å². The molecule has 0 unspecified atom stereocenters. The van der Waals surface area contributed by atoms with Crippen LogP contribution in [0.25, 0.3) is 0 Å². The summed E-state index contributed by atoms with van der Waals surface area (Å²) in [5, 5.41) is 3.47. The maximum atomic E-state index is 6.26. The molecule has 0 radical (unpaired) electrons. The normalized spacial score (nSPS) is 16.8. The van der Waals surface area contributed by atoms with Gasteiger partial charge in [-0.1, -0.05) is 32.4 Å². The maximum Gasteiger partial charge on any atom is 0.138 e. The van der Waals surface area contributed by atoms with E-state index < -0.39 is 0 Å². The third-order valence-corrected chi connectivity index (χ3v) is 4.21. The first-order valence-electron chi connectivity index (χ1n) is 7.34. The molecule has 2 rings (SSSR count). The molecule has 2 nitrogen and oxygen atoms in total. The van der Waals surface area contributed by atoms with Gasteiger partial charge in [0.25, 0.3) is 0 Å². The summed E-state index contributed by atoms with van der Waals surface area (Å²) in [6.45, 7) is 5.19. The highest BCUT2D eigenvalue weighted by Gasteiger charge is 2.18. The lowest BCUT2D eigenvalue weighted by Crippen LogP contribution is -2.24. The Kier molecular flexibility index (Phi) is 5.71. The number of benzene rings is 1. The molecule has 0 aromatic heterocycles. The molecule has 19 heavy (non-hydrogen) atoms. The van der Waals surface area contributed by atoms with Crippen LogP contribution < -0.4 is 10.1 Å². The highest BCUT2D eigenvalue weighted by molar-refractivity contribution is 9.10. The average molecular weight is 326 g/mol. The molecule has 0 spiro atoms. The Labute approximate surface area is 125 Å². The summed E-state index contributed by atoms with van der Waals surface area (Å²) in [5.41, 5.74) is 1.24. The summed E-state index contributed by atoms with van der Waals surface area (Å²) in [4.78, 5) is 0. The van der Waals surface area contributed by atoms with E-state index in [1.807, 2.05) is 0 Å². The largest absolute Gasteiger partial charge is 0.489 e. The molecule has 106 valence electrons. The van der Waals surface area contributed by atoms with Crippen molar-refractivity contribution in [2.75, 3.05) is 0 Å². The van der Waals surface area contributed by atoms with Crippen LogP contribution in [0.1, 0.15) is 51.5 Å². The Morgan fingerprint density at radius 2 is 2.00 bits per heavy atom. The van der Waals surface area contributed by atoms with Crippen molar-refractivity contribution < 1.29 is 4.74 Å². The van der Waals surface area contributed by atoms with Gasteiger partial charge < -0.3 is 10.1 Å². The van der Waals surface area contributed by atoms with Crippen LogP contribution in [0.15, 0.2) is 22.7 Å². The number of rotatable bonds is 5. The van der Waals surface area contributed by atoms with E-state index in [1.54, 1.807) is 0 Å². The van der Waals surface area contributed by atoms with Crippen molar-refractivity contribution in [3.8, 4) is 5.75 Å². The molecule has 0 aliphatic heterocycles. The van der Waals surface area contributed by atoms with Gasteiger partial charge in [0.05, 0.1) is 10.6 Å². The predicted molar refractivity (Wildman–Crippen MR) is 83.6 cm³/mol. The van der Waals surface area contributed by atoms with E-state index in [-0.39, 0.29) is 0 Å². The second-order valence-electron chi connectivity index (χ2n) is 5.64. The second-order valence-corrected chi connectivity index (χ2v) is 6.50. The van der Waals surface area contributed by atoms with Crippen LogP contribution in [0.4, 0.5) is 0 Å². The molecule has 1 fully saturated rings. The van der Waals surface area contributed by atoms with Crippen molar-refractivity contribution in [3.63, 3.8) is 0 Å². The zero-order valence-electron chi connectivity index (χ0n) is 11.9. The first-order valence-corrected chi connectivity index (χ1v) is 8.13. The summed E-state index contributed by atoms with van der Waals surface area (Å²) < 4.78 is 7.33. The second kappa shape index (κ2) is 7.30. The molecule has 0 amide bonds. The van der Waals surface area contributed by atoms with Gasteiger partial charge in [-0.15, -0.1) is 0 Å². The summed E-state index contributed by atoms with van der Waals surface area (Å²) >= 11 is 3.63. The smallest absolute Gasteiger partial charge is 0.138 e. The Balaban J connectivity index is 2.07. The molecule has 1 aromatic rings. The summed E-state index contributed by atoms with van der Waals surface area (Å²) in [5.74, 6) is 1.03. The summed E-state index contributed by atoms with van der Waals surface area (Å²) in [6.07, 6.45) is 6.74. The van der Waals surface area contributed by atoms with E-state index in [0.29, 0.717) is 12.1 Å². The summed E-state index contributed by atoms with van der Waals surface area (Å²) in [7, 11) is 0. The van der Waals surface area contributed by atoms with Gasteiger partial charge in [0.15, 0.2) is 0 Å². The van der Waals surface area contributed by atoms with E-state index in [9.17, 15) is 0 Å². The van der Waals surface area contributed by atoms with Gasteiger partial charge in [-0.25, -0.2) is 0 Å². The van der Waals surface area contributed by atoms with E-state index in [1.165, 1.54) is 37.7 Å². The Morgan fingerprint density at radius 1 is 1.26 bits per heavy atom. The highest BCUT2D eigenvalue weighted by atomic mass is 79.9. The molecule has 0 bridgehead atoms. The van der Waals surface area contributed by atoms with Gasteiger partial charge >= 0.3 is 0 Å². The molecule has 3 heteroatoms. The first kappa shape index (κ1) is 14.9. The lowest BCUT2D eigenvalue weighted by atomic mass is 9.97. The molecule has 1 aromatic carbocycles. The van der Waals surface area contributed by atoms with Crippen molar-refractivity contribution >= 4 is 15.9 Å². The van der Waals surface area contributed by atoms with Gasteiger partial charge in [-0.05, 0) is 47.7 Å². The minimum atomic E-state index is 0.394. The van der Waals surface area contributed by atoms with Crippen LogP contribution in [-0.4, -0.2) is 12.1 Å². The van der Waals surface area contributed by atoms with Gasteiger partial charge in [0.2, 0.25) is 0 Å². The van der Waals surface area contributed by atoms with Crippen molar-refractivity contribution in [1.82, 2.24) is 5.32 Å². The minimum Gasteiger partial charge on any atom is -0.489 e. The van der Waals surface area contributed by atoms with Crippen LogP contribution in [-0.2, 0) is 6.54 Å². The molecular formula is C16H24BrNO. The molecule has 1 saturated carbocycles. The quantitative estimate of drug-likeness (QED) is 0.850.